The smallest absolute Gasteiger partial charge is 0.257 e. The number of carbonyl (C=O) groups excluding carboxylic acids is 1. The van der Waals surface area contributed by atoms with Crippen LogP contribution in [-0.2, 0) is 0 Å². The molecule has 0 bridgehead atoms. The summed E-state index contributed by atoms with van der Waals surface area (Å²) in [7, 11) is 0. The van der Waals surface area contributed by atoms with Crippen molar-refractivity contribution >= 4 is 92.0 Å². The number of thiazole rings is 1. The molecule has 34 heavy (non-hydrogen) atoms. The van der Waals surface area contributed by atoms with Gasteiger partial charge in [-0.15, -0.1) is 0 Å². The number of aromatic nitrogens is 1. The molecule has 0 spiro atoms. The number of amides is 1. The van der Waals surface area contributed by atoms with Crippen LogP contribution in [0.15, 0.2) is 59.7 Å². The predicted octanol–water partition coefficient (Wildman–Crippen LogP) is 5.14. The molecule has 2 aromatic carbocycles. The van der Waals surface area contributed by atoms with E-state index in [2.05, 4.69) is 26.1 Å². The molecular formula is C22H18Cl2N6OS3. The van der Waals surface area contributed by atoms with Crippen molar-refractivity contribution in [2.75, 3.05) is 5.32 Å². The van der Waals surface area contributed by atoms with Crippen molar-refractivity contribution in [3.05, 3.63) is 86.4 Å². The molecule has 0 fully saturated rings. The highest BCUT2D eigenvalue weighted by Gasteiger charge is 2.15. The minimum Gasteiger partial charge on any atom is -0.375 e. The maximum absolute atomic E-state index is 12.4. The second-order valence-electron chi connectivity index (χ2n) is 6.71. The molecule has 0 unspecified atom stereocenters. The zero-order valence-electron chi connectivity index (χ0n) is 17.6. The number of nitrogens with one attached hydrogen (secondary N) is 3. The third-order valence-corrected chi connectivity index (χ3v) is 6.07. The summed E-state index contributed by atoms with van der Waals surface area (Å²) in [5.74, 6) is -0.364. The van der Waals surface area contributed by atoms with E-state index in [-0.39, 0.29) is 16.1 Å². The largest absolute Gasteiger partial charge is 0.375 e. The molecule has 0 aliphatic rings. The molecular weight excluding hydrogens is 531 g/mol. The Morgan fingerprint density at radius 3 is 2.32 bits per heavy atom. The highest BCUT2D eigenvalue weighted by atomic mass is 35.5. The van der Waals surface area contributed by atoms with Gasteiger partial charge in [0.1, 0.15) is 5.71 Å². The molecule has 3 aromatic rings. The van der Waals surface area contributed by atoms with Gasteiger partial charge in [0, 0.05) is 15.6 Å². The average molecular weight is 550 g/mol. The third kappa shape index (κ3) is 7.57. The molecule has 174 valence electrons. The average Bonchev–Trinajstić information content (AvgIpc) is 3.14. The summed E-state index contributed by atoms with van der Waals surface area (Å²) in [6.07, 6.45) is 3.68. The molecule has 0 atom stereocenters. The summed E-state index contributed by atoms with van der Waals surface area (Å²) in [6.45, 7) is 1.83. The summed E-state index contributed by atoms with van der Waals surface area (Å²) in [6, 6.07) is 13.8. The Balaban J connectivity index is 1.76. The molecule has 0 radical (unpaired) electrons. The van der Waals surface area contributed by atoms with E-state index in [1.807, 2.05) is 25.1 Å². The molecule has 1 heterocycles. The van der Waals surface area contributed by atoms with Crippen LogP contribution in [-0.4, -0.2) is 26.8 Å². The zero-order valence-corrected chi connectivity index (χ0v) is 21.6. The number of nitrogens with zero attached hydrogens (tertiary/aromatic N) is 2. The SMILES string of the molecule is Cc1nc(NC(=S)NC(=O)c2ccc(Cl)cc2)sc1C(/C=C/c1ccc(Cl)cc1)=N/NC(N)=S. The Morgan fingerprint density at radius 1 is 1.09 bits per heavy atom. The summed E-state index contributed by atoms with van der Waals surface area (Å²) in [5.41, 5.74) is 10.8. The molecule has 0 saturated carbocycles. The first kappa shape index (κ1) is 25.7. The van der Waals surface area contributed by atoms with Gasteiger partial charge in [-0.1, -0.05) is 52.7 Å². The quantitative estimate of drug-likeness (QED) is 0.192. The summed E-state index contributed by atoms with van der Waals surface area (Å²) in [4.78, 5) is 17.6. The molecule has 0 saturated heterocycles. The van der Waals surface area contributed by atoms with Crippen molar-refractivity contribution in [2.24, 2.45) is 10.8 Å². The fourth-order valence-electron chi connectivity index (χ4n) is 2.62. The zero-order chi connectivity index (χ0) is 24.7. The van der Waals surface area contributed by atoms with E-state index in [0.717, 1.165) is 10.4 Å². The van der Waals surface area contributed by atoms with Gasteiger partial charge in [0.25, 0.3) is 5.91 Å². The molecule has 1 amide bonds. The lowest BCUT2D eigenvalue weighted by Crippen LogP contribution is -2.34. The Bertz CT molecular complexity index is 1270. The summed E-state index contributed by atoms with van der Waals surface area (Å²) in [5, 5.41) is 11.6. The lowest BCUT2D eigenvalue weighted by atomic mass is 10.1. The highest BCUT2D eigenvalue weighted by Crippen LogP contribution is 2.24. The van der Waals surface area contributed by atoms with Crippen LogP contribution in [0.25, 0.3) is 6.08 Å². The fourth-order valence-corrected chi connectivity index (χ4v) is 4.11. The van der Waals surface area contributed by atoms with Crippen LogP contribution in [0.1, 0.15) is 26.5 Å². The van der Waals surface area contributed by atoms with Gasteiger partial charge in [0.2, 0.25) is 0 Å². The van der Waals surface area contributed by atoms with Crippen LogP contribution in [0.2, 0.25) is 10.0 Å². The van der Waals surface area contributed by atoms with Gasteiger partial charge in [-0.2, -0.15) is 5.10 Å². The lowest BCUT2D eigenvalue weighted by Gasteiger charge is -2.07. The second-order valence-corrected chi connectivity index (χ2v) is 9.43. The Hall–Kier alpha value is -2.89. The molecule has 0 aliphatic carbocycles. The van der Waals surface area contributed by atoms with E-state index < -0.39 is 0 Å². The number of rotatable bonds is 6. The van der Waals surface area contributed by atoms with Crippen molar-refractivity contribution < 1.29 is 4.79 Å². The van der Waals surface area contributed by atoms with Gasteiger partial charge in [0.05, 0.1) is 10.6 Å². The maximum atomic E-state index is 12.4. The van der Waals surface area contributed by atoms with E-state index >= 15 is 0 Å². The van der Waals surface area contributed by atoms with E-state index in [1.165, 1.54) is 11.3 Å². The Kier molecular flexibility index (Phi) is 9.08. The molecule has 0 aliphatic heterocycles. The number of allylic oxidation sites excluding steroid dienone is 1. The fraction of sp³-hybridized carbons (Fsp3) is 0.0455. The number of benzene rings is 2. The van der Waals surface area contributed by atoms with Gasteiger partial charge < -0.3 is 11.1 Å². The third-order valence-electron chi connectivity index (χ3n) is 4.17. The number of thiocarbonyl (C=S) groups is 2. The van der Waals surface area contributed by atoms with Crippen LogP contribution in [0.4, 0.5) is 5.13 Å². The number of carbonyl (C=O) groups is 1. The predicted molar refractivity (Wildman–Crippen MR) is 149 cm³/mol. The normalized spacial score (nSPS) is 11.3. The van der Waals surface area contributed by atoms with Gasteiger partial charge in [-0.25, -0.2) is 4.98 Å². The van der Waals surface area contributed by atoms with Crippen molar-refractivity contribution in [3.8, 4) is 0 Å². The summed E-state index contributed by atoms with van der Waals surface area (Å²) >= 11 is 23.2. The van der Waals surface area contributed by atoms with Gasteiger partial charge >= 0.3 is 0 Å². The first-order valence-corrected chi connectivity index (χ1v) is 12.0. The number of hydrogen-bond acceptors (Lipinski definition) is 6. The number of hydrogen-bond donors (Lipinski definition) is 4. The molecule has 3 rings (SSSR count). The highest BCUT2D eigenvalue weighted by molar-refractivity contribution is 7.80. The van der Waals surface area contributed by atoms with E-state index in [1.54, 1.807) is 42.5 Å². The minimum atomic E-state index is -0.364. The van der Waals surface area contributed by atoms with Gasteiger partial charge in [-0.3, -0.25) is 15.5 Å². The van der Waals surface area contributed by atoms with E-state index in [9.17, 15) is 4.79 Å². The van der Waals surface area contributed by atoms with Crippen LogP contribution in [0, 0.1) is 6.92 Å². The number of hydrazone groups is 1. The van der Waals surface area contributed by atoms with Crippen LogP contribution in [0.3, 0.4) is 0 Å². The maximum Gasteiger partial charge on any atom is 0.257 e. The molecule has 12 heteroatoms. The van der Waals surface area contributed by atoms with Crippen molar-refractivity contribution in [1.29, 1.82) is 0 Å². The second kappa shape index (κ2) is 12.0. The number of halogens is 2. The van der Waals surface area contributed by atoms with Crippen molar-refractivity contribution in [1.82, 2.24) is 15.7 Å². The van der Waals surface area contributed by atoms with E-state index in [4.69, 9.17) is 53.4 Å². The topological polar surface area (TPSA) is 104 Å². The van der Waals surface area contributed by atoms with Crippen LogP contribution < -0.4 is 21.8 Å². The van der Waals surface area contributed by atoms with E-state index in [0.29, 0.717) is 32.1 Å². The van der Waals surface area contributed by atoms with Crippen molar-refractivity contribution in [3.63, 3.8) is 0 Å². The van der Waals surface area contributed by atoms with Crippen LogP contribution in [0.5, 0.6) is 0 Å². The van der Waals surface area contributed by atoms with Crippen LogP contribution >= 0.6 is 59.0 Å². The lowest BCUT2D eigenvalue weighted by molar-refractivity contribution is 0.0977. The minimum absolute atomic E-state index is 0.0315. The molecule has 7 nitrogen and oxygen atoms in total. The monoisotopic (exact) mass is 548 g/mol. The summed E-state index contributed by atoms with van der Waals surface area (Å²) < 4.78 is 0. The Labute approximate surface area is 221 Å². The van der Waals surface area contributed by atoms with Gasteiger partial charge in [0.15, 0.2) is 15.4 Å². The Morgan fingerprint density at radius 2 is 1.71 bits per heavy atom. The number of anilines is 1. The first-order chi connectivity index (χ1) is 16.2. The number of aryl methyl sites for hydroxylation is 1. The molecule has 1 aromatic heterocycles. The van der Waals surface area contributed by atoms with Gasteiger partial charge in [-0.05, 0) is 79.4 Å². The standard InChI is InChI=1S/C22H18Cl2N6OS3/c1-12-18(17(29-30-20(25)32)11-4-13-2-7-15(23)8-3-13)34-22(26-12)28-21(33)27-19(31)14-5-9-16(24)10-6-14/h2-11H,1H3,(H3,25,30,32)(H2,26,27,28,31,33)/b11-4+,29-17+. The van der Waals surface area contributed by atoms with Crippen molar-refractivity contribution in [2.45, 2.75) is 6.92 Å². The number of nitrogens with two attached hydrogens (primary N) is 1. The molecule has 5 N–H and O–H groups in total. The first-order valence-electron chi connectivity index (χ1n) is 9.64.